The number of para-hydroxylation sites is 1. The molecule has 0 radical (unpaired) electrons. The smallest absolute Gasteiger partial charge is 0.223 e. The number of carbonyl (C=O) groups excluding carboxylic acids is 1. The van der Waals surface area contributed by atoms with Gasteiger partial charge < -0.3 is 14.5 Å². The molecule has 112 valence electrons. The zero-order valence-electron chi connectivity index (χ0n) is 12.3. The van der Waals surface area contributed by atoms with Crippen molar-refractivity contribution < 1.29 is 13.9 Å². The Morgan fingerprint density at radius 2 is 2.10 bits per heavy atom. The number of ether oxygens (including phenoxy) is 1. The van der Waals surface area contributed by atoms with E-state index in [-0.39, 0.29) is 17.9 Å². The molecule has 1 atom stereocenters. The third kappa shape index (κ3) is 3.45. The first-order valence-electron chi connectivity index (χ1n) is 7.58. The maximum Gasteiger partial charge on any atom is 0.223 e. The zero-order valence-corrected chi connectivity index (χ0v) is 12.3. The van der Waals surface area contributed by atoms with E-state index in [0.717, 1.165) is 29.6 Å². The minimum absolute atomic E-state index is 0.0703. The Hall–Kier alpha value is -1.81. The van der Waals surface area contributed by atoms with Gasteiger partial charge in [-0.05, 0) is 31.9 Å². The standard InChI is InChI=1S/C17H21NO3/c1-12(18-17(19)13-6-8-20-9-7-13)10-15-11-14-4-2-3-5-16(14)21-15/h2-5,11-13H,6-10H2,1H3,(H,18,19). The van der Waals surface area contributed by atoms with Crippen molar-refractivity contribution >= 4 is 16.9 Å². The molecule has 1 fully saturated rings. The Labute approximate surface area is 124 Å². The van der Waals surface area contributed by atoms with Gasteiger partial charge in [0.1, 0.15) is 11.3 Å². The molecular formula is C17H21NO3. The van der Waals surface area contributed by atoms with Crippen molar-refractivity contribution in [2.75, 3.05) is 13.2 Å². The first-order valence-corrected chi connectivity index (χ1v) is 7.58. The third-order valence-electron chi connectivity index (χ3n) is 3.96. The van der Waals surface area contributed by atoms with Gasteiger partial charge >= 0.3 is 0 Å². The Morgan fingerprint density at radius 3 is 2.86 bits per heavy atom. The van der Waals surface area contributed by atoms with Gasteiger partial charge in [-0.2, -0.15) is 0 Å². The van der Waals surface area contributed by atoms with Gasteiger partial charge in [-0.15, -0.1) is 0 Å². The molecule has 4 heteroatoms. The molecule has 1 aromatic carbocycles. The molecule has 1 unspecified atom stereocenters. The number of furan rings is 1. The Bertz CT molecular complexity index is 580. The van der Waals surface area contributed by atoms with Crippen LogP contribution in [-0.2, 0) is 16.0 Å². The van der Waals surface area contributed by atoms with Crippen LogP contribution >= 0.6 is 0 Å². The fraction of sp³-hybridized carbons (Fsp3) is 0.471. The highest BCUT2D eigenvalue weighted by atomic mass is 16.5. The fourth-order valence-electron chi connectivity index (χ4n) is 2.81. The van der Waals surface area contributed by atoms with E-state index in [9.17, 15) is 4.79 Å². The SMILES string of the molecule is CC(Cc1cc2ccccc2o1)NC(=O)C1CCOCC1. The minimum Gasteiger partial charge on any atom is -0.461 e. The zero-order chi connectivity index (χ0) is 14.7. The molecule has 0 spiro atoms. The van der Waals surface area contributed by atoms with Crippen molar-refractivity contribution in [3.05, 3.63) is 36.1 Å². The third-order valence-corrected chi connectivity index (χ3v) is 3.96. The first-order chi connectivity index (χ1) is 10.2. The summed E-state index contributed by atoms with van der Waals surface area (Å²) in [5.74, 6) is 1.15. The average molecular weight is 287 g/mol. The summed E-state index contributed by atoms with van der Waals surface area (Å²) in [5, 5.41) is 4.19. The van der Waals surface area contributed by atoms with E-state index in [1.165, 1.54) is 0 Å². The quantitative estimate of drug-likeness (QED) is 0.940. The highest BCUT2D eigenvalue weighted by Gasteiger charge is 2.22. The van der Waals surface area contributed by atoms with Gasteiger partial charge in [0, 0.05) is 37.0 Å². The van der Waals surface area contributed by atoms with Crippen molar-refractivity contribution in [3.8, 4) is 0 Å². The molecule has 4 nitrogen and oxygen atoms in total. The van der Waals surface area contributed by atoms with Gasteiger partial charge in [-0.1, -0.05) is 18.2 Å². The molecule has 2 aromatic rings. The number of rotatable bonds is 4. The highest BCUT2D eigenvalue weighted by Crippen LogP contribution is 2.20. The number of carbonyl (C=O) groups is 1. The molecule has 1 amide bonds. The van der Waals surface area contributed by atoms with Crippen molar-refractivity contribution in [3.63, 3.8) is 0 Å². The van der Waals surface area contributed by atoms with E-state index >= 15 is 0 Å². The summed E-state index contributed by atoms with van der Waals surface area (Å²) in [7, 11) is 0. The average Bonchev–Trinajstić information content (AvgIpc) is 2.90. The Kier molecular flexibility index (Phi) is 4.25. The van der Waals surface area contributed by atoms with Crippen LogP contribution in [0.15, 0.2) is 34.7 Å². The van der Waals surface area contributed by atoms with Gasteiger partial charge in [0.15, 0.2) is 0 Å². The molecule has 1 aliphatic rings. The molecule has 1 aliphatic heterocycles. The van der Waals surface area contributed by atoms with E-state index in [4.69, 9.17) is 9.15 Å². The molecule has 2 heterocycles. The Morgan fingerprint density at radius 1 is 1.33 bits per heavy atom. The molecule has 1 saturated heterocycles. The highest BCUT2D eigenvalue weighted by molar-refractivity contribution is 5.79. The first kappa shape index (κ1) is 14.1. The van der Waals surface area contributed by atoms with Gasteiger partial charge in [0.2, 0.25) is 5.91 Å². The van der Waals surface area contributed by atoms with E-state index in [2.05, 4.69) is 5.32 Å². The van der Waals surface area contributed by atoms with Crippen LogP contribution in [0.3, 0.4) is 0 Å². The van der Waals surface area contributed by atoms with E-state index < -0.39 is 0 Å². The number of benzene rings is 1. The second kappa shape index (κ2) is 6.31. The van der Waals surface area contributed by atoms with Crippen molar-refractivity contribution in [1.82, 2.24) is 5.32 Å². The minimum atomic E-state index is 0.0703. The summed E-state index contributed by atoms with van der Waals surface area (Å²) >= 11 is 0. The summed E-state index contributed by atoms with van der Waals surface area (Å²) in [6, 6.07) is 10.1. The molecule has 0 saturated carbocycles. The van der Waals surface area contributed by atoms with Crippen LogP contribution in [0.1, 0.15) is 25.5 Å². The second-order valence-electron chi connectivity index (χ2n) is 5.75. The van der Waals surface area contributed by atoms with E-state index in [0.29, 0.717) is 19.6 Å². The number of fused-ring (bicyclic) bond motifs is 1. The molecule has 1 N–H and O–H groups in total. The predicted molar refractivity (Wildman–Crippen MR) is 81.1 cm³/mol. The topological polar surface area (TPSA) is 51.5 Å². The second-order valence-corrected chi connectivity index (χ2v) is 5.75. The lowest BCUT2D eigenvalue weighted by Crippen LogP contribution is -2.40. The summed E-state index contributed by atoms with van der Waals surface area (Å²) in [6.45, 7) is 3.40. The molecular weight excluding hydrogens is 266 g/mol. The predicted octanol–water partition coefficient (Wildman–Crippen LogP) is 2.91. The lowest BCUT2D eigenvalue weighted by atomic mass is 9.99. The van der Waals surface area contributed by atoms with Crippen LogP contribution in [0.25, 0.3) is 11.0 Å². The lowest BCUT2D eigenvalue weighted by molar-refractivity contribution is -0.128. The molecule has 21 heavy (non-hydrogen) atoms. The molecule has 0 bridgehead atoms. The molecule has 0 aliphatic carbocycles. The number of hydrogen-bond donors (Lipinski definition) is 1. The van der Waals surface area contributed by atoms with E-state index in [1.807, 2.05) is 37.3 Å². The summed E-state index contributed by atoms with van der Waals surface area (Å²) in [6.07, 6.45) is 2.36. The van der Waals surface area contributed by atoms with Crippen LogP contribution in [-0.4, -0.2) is 25.2 Å². The van der Waals surface area contributed by atoms with Crippen LogP contribution in [0.2, 0.25) is 0 Å². The van der Waals surface area contributed by atoms with Gasteiger partial charge in [-0.25, -0.2) is 0 Å². The van der Waals surface area contributed by atoms with Crippen molar-refractivity contribution in [2.24, 2.45) is 5.92 Å². The van der Waals surface area contributed by atoms with Crippen LogP contribution in [0, 0.1) is 5.92 Å². The Balaban J connectivity index is 1.57. The van der Waals surface area contributed by atoms with Crippen LogP contribution in [0.4, 0.5) is 0 Å². The lowest BCUT2D eigenvalue weighted by Gasteiger charge is -2.23. The maximum atomic E-state index is 12.2. The number of amides is 1. The van der Waals surface area contributed by atoms with Crippen molar-refractivity contribution in [1.29, 1.82) is 0 Å². The molecule has 3 rings (SSSR count). The summed E-state index contributed by atoms with van der Waals surface area (Å²) in [5.41, 5.74) is 0.899. The summed E-state index contributed by atoms with van der Waals surface area (Å²) in [4.78, 5) is 12.2. The summed E-state index contributed by atoms with van der Waals surface area (Å²) < 4.78 is 11.1. The normalized spacial score (nSPS) is 17.8. The van der Waals surface area contributed by atoms with Gasteiger partial charge in [0.25, 0.3) is 0 Å². The van der Waals surface area contributed by atoms with Crippen LogP contribution in [0.5, 0.6) is 0 Å². The van der Waals surface area contributed by atoms with Crippen molar-refractivity contribution in [2.45, 2.75) is 32.2 Å². The maximum absolute atomic E-state index is 12.2. The fourth-order valence-corrected chi connectivity index (χ4v) is 2.81. The van der Waals surface area contributed by atoms with Gasteiger partial charge in [0.05, 0.1) is 0 Å². The van der Waals surface area contributed by atoms with Gasteiger partial charge in [-0.3, -0.25) is 4.79 Å². The monoisotopic (exact) mass is 287 g/mol. The van der Waals surface area contributed by atoms with E-state index in [1.54, 1.807) is 0 Å². The largest absolute Gasteiger partial charge is 0.461 e. The van der Waals surface area contributed by atoms with Crippen LogP contribution < -0.4 is 5.32 Å². The number of nitrogens with one attached hydrogen (secondary N) is 1. The number of hydrogen-bond acceptors (Lipinski definition) is 3. The molecule has 1 aromatic heterocycles.